The number of benzene rings is 1. The molecule has 0 saturated heterocycles. The third-order valence-electron chi connectivity index (χ3n) is 6.91. The molecule has 36 heavy (non-hydrogen) atoms. The zero-order valence-electron chi connectivity index (χ0n) is 23.1. The molecule has 4 heteroatoms. The molecule has 0 bridgehead atoms. The van der Waals surface area contributed by atoms with Gasteiger partial charge in [-0.2, -0.15) is 0 Å². The lowest BCUT2D eigenvalue weighted by Crippen LogP contribution is -2.07. The highest BCUT2D eigenvalue weighted by Crippen LogP contribution is 2.23. The van der Waals surface area contributed by atoms with Crippen molar-refractivity contribution in [3.8, 4) is 22.8 Å². The van der Waals surface area contributed by atoms with Crippen molar-refractivity contribution in [3.05, 3.63) is 42.6 Å². The average molecular weight is 496 g/mol. The van der Waals surface area contributed by atoms with Crippen LogP contribution in [0.25, 0.3) is 11.3 Å². The van der Waals surface area contributed by atoms with Gasteiger partial charge in [0.25, 0.3) is 0 Å². The maximum Gasteiger partial charge on any atom is 0.311 e. The van der Waals surface area contributed by atoms with E-state index in [9.17, 15) is 4.79 Å². The Bertz CT molecular complexity index is 816. The van der Waals surface area contributed by atoms with Gasteiger partial charge in [-0.3, -0.25) is 9.78 Å². The molecule has 1 aromatic heterocycles. The molecular formula is C32H49NO3. The number of pyridine rings is 1. The lowest BCUT2D eigenvalue weighted by atomic mass is 10.0. The third kappa shape index (κ3) is 13.1. The normalized spacial score (nSPS) is 11.9. The van der Waals surface area contributed by atoms with Crippen molar-refractivity contribution in [1.29, 1.82) is 0 Å². The van der Waals surface area contributed by atoms with E-state index in [-0.39, 0.29) is 5.97 Å². The van der Waals surface area contributed by atoms with Gasteiger partial charge < -0.3 is 9.47 Å². The number of hydrogen-bond acceptors (Lipinski definition) is 4. The molecule has 0 saturated carbocycles. The fourth-order valence-corrected chi connectivity index (χ4v) is 4.26. The summed E-state index contributed by atoms with van der Waals surface area (Å²) < 4.78 is 11.4. The van der Waals surface area contributed by atoms with E-state index in [1.54, 1.807) is 6.20 Å². The Kier molecular flexibility index (Phi) is 15.6. The number of nitrogens with zero attached hydrogens (tertiary/aromatic N) is 1. The van der Waals surface area contributed by atoms with Crippen LogP contribution in [0, 0.1) is 5.92 Å². The number of carbonyl (C=O) groups excluding carboxylic acids is 1. The molecular weight excluding hydrogens is 446 g/mol. The molecule has 1 atom stereocenters. The quantitative estimate of drug-likeness (QED) is 0.104. The second-order valence-corrected chi connectivity index (χ2v) is 10.2. The van der Waals surface area contributed by atoms with Crippen LogP contribution in [0.15, 0.2) is 42.6 Å². The zero-order chi connectivity index (χ0) is 25.8. The molecule has 1 unspecified atom stereocenters. The van der Waals surface area contributed by atoms with E-state index in [0.717, 1.165) is 48.8 Å². The summed E-state index contributed by atoms with van der Waals surface area (Å²) in [5, 5.41) is 0. The molecule has 0 amide bonds. The standard InChI is InChI=1S/C32H49NO3/c1-4-6-7-8-9-10-11-12-13-16-25-35-30-23-24-31(33-26-30)28-19-21-29(22-20-28)36-32(34)18-15-14-17-27(3)5-2/h19-24,26-27H,4-18,25H2,1-3H3. The first kappa shape index (κ1) is 29.9. The predicted molar refractivity (Wildman–Crippen MR) is 151 cm³/mol. The van der Waals surface area contributed by atoms with E-state index in [4.69, 9.17) is 9.47 Å². The van der Waals surface area contributed by atoms with Gasteiger partial charge in [-0.1, -0.05) is 97.8 Å². The van der Waals surface area contributed by atoms with Crippen molar-refractivity contribution in [1.82, 2.24) is 4.98 Å². The first-order chi connectivity index (χ1) is 17.6. The van der Waals surface area contributed by atoms with Crippen molar-refractivity contribution in [2.75, 3.05) is 6.61 Å². The van der Waals surface area contributed by atoms with Gasteiger partial charge in [-0.05, 0) is 55.2 Å². The Morgan fingerprint density at radius 1 is 0.778 bits per heavy atom. The molecule has 0 fully saturated rings. The number of carbonyl (C=O) groups is 1. The monoisotopic (exact) mass is 495 g/mol. The molecule has 0 aliphatic rings. The SMILES string of the molecule is CCCCCCCCCCCCOc1ccc(-c2ccc(OC(=O)CCCCC(C)CC)cc2)nc1. The third-order valence-corrected chi connectivity index (χ3v) is 6.91. The molecule has 2 rings (SSSR count). The highest BCUT2D eigenvalue weighted by Gasteiger charge is 2.07. The maximum atomic E-state index is 12.1. The van der Waals surface area contributed by atoms with Crippen LogP contribution >= 0.6 is 0 Å². The van der Waals surface area contributed by atoms with E-state index < -0.39 is 0 Å². The minimum absolute atomic E-state index is 0.158. The second-order valence-electron chi connectivity index (χ2n) is 10.2. The first-order valence-electron chi connectivity index (χ1n) is 14.5. The van der Waals surface area contributed by atoms with Crippen LogP contribution in [-0.4, -0.2) is 17.6 Å². The number of ether oxygens (including phenoxy) is 2. The van der Waals surface area contributed by atoms with Crippen molar-refractivity contribution in [2.24, 2.45) is 5.92 Å². The molecule has 0 aliphatic heterocycles. The molecule has 4 nitrogen and oxygen atoms in total. The number of hydrogen-bond donors (Lipinski definition) is 0. The zero-order valence-corrected chi connectivity index (χ0v) is 23.1. The van der Waals surface area contributed by atoms with Crippen molar-refractivity contribution < 1.29 is 14.3 Å². The number of unbranched alkanes of at least 4 members (excludes halogenated alkanes) is 10. The summed E-state index contributed by atoms with van der Waals surface area (Å²) in [4.78, 5) is 16.6. The Morgan fingerprint density at radius 3 is 2.03 bits per heavy atom. The molecule has 0 aliphatic carbocycles. The Hall–Kier alpha value is -2.36. The molecule has 2 aromatic rings. The van der Waals surface area contributed by atoms with Crippen molar-refractivity contribution in [3.63, 3.8) is 0 Å². The van der Waals surface area contributed by atoms with Gasteiger partial charge in [0, 0.05) is 12.0 Å². The van der Waals surface area contributed by atoms with Gasteiger partial charge in [-0.15, -0.1) is 0 Å². The van der Waals surface area contributed by atoms with Gasteiger partial charge in [0.1, 0.15) is 11.5 Å². The van der Waals surface area contributed by atoms with Crippen LogP contribution in [0.2, 0.25) is 0 Å². The summed E-state index contributed by atoms with van der Waals surface area (Å²) in [6, 6.07) is 11.5. The summed E-state index contributed by atoms with van der Waals surface area (Å²) in [6.07, 6.45) is 19.8. The maximum absolute atomic E-state index is 12.1. The van der Waals surface area contributed by atoms with E-state index in [1.807, 2.05) is 36.4 Å². The van der Waals surface area contributed by atoms with Crippen molar-refractivity contribution >= 4 is 5.97 Å². The van der Waals surface area contributed by atoms with E-state index in [2.05, 4.69) is 25.8 Å². The van der Waals surface area contributed by atoms with Gasteiger partial charge in [0.05, 0.1) is 18.5 Å². The Morgan fingerprint density at radius 2 is 1.42 bits per heavy atom. The Balaban J connectivity index is 1.61. The minimum atomic E-state index is -0.158. The number of rotatable bonds is 20. The Labute approximate surface area is 220 Å². The smallest absolute Gasteiger partial charge is 0.311 e. The summed E-state index contributed by atoms with van der Waals surface area (Å²) >= 11 is 0. The van der Waals surface area contributed by atoms with Gasteiger partial charge in [0.2, 0.25) is 0 Å². The largest absolute Gasteiger partial charge is 0.492 e. The van der Waals surface area contributed by atoms with Crippen LogP contribution in [0.5, 0.6) is 11.5 Å². The summed E-state index contributed by atoms with van der Waals surface area (Å²) in [7, 11) is 0. The van der Waals surface area contributed by atoms with Crippen LogP contribution < -0.4 is 9.47 Å². The molecule has 1 heterocycles. The highest BCUT2D eigenvalue weighted by molar-refractivity contribution is 5.72. The molecule has 200 valence electrons. The summed E-state index contributed by atoms with van der Waals surface area (Å²) in [5.41, 5.74) is 1.87. The lowest BCUT2D eigenvalue weighted by Gasteiger charge is -2.09. The van der Waals surface area contributed by atoms with Crippen LogP contribution in [0.1, 0.15) is 117 Å². The van der Waals surface area contributed by atoms with Gasteiger partial charge in [0.15, 0.2) is 0 Å². The predicted octanol–water partition coefficient (Wildman–Crippen LogP) is 9.56. The van der Waals surface area contributed by atoms with E-state index >= 15 is 0 Å². The van der Waals surface area contributed by atoms with Crippen molar-refractivity contribution in [2.45, 2.75) is 117 Å². The minimum Gasteiger partial charge on any atom is -0.492 e. The molecule has 0 spiro atoms. The summed E-state index contributed by atoms with van der Waals surface area (Å²) in [5.74, 6) is 1.97. The van der Waals surface area contributed by atoms with Crippen LogP contribution in [0.4, 0.5) is 0 Å². The molecule has 1 aromatic carbocycles. The second kappa shape index (κ2) is 18.8. The average Bonchev–Trinajstić information content (AvgIpc) is 2.90. The molecule has 0 N–H and O–H groups in total. The molecule has 0 radical (unpaired) electrons. The number of esters is 1. The van der Waals surface area contributed by atoms with Crippen LogP contribution in [0.3, 0.4) is 0 Å². The number of aromatic nitrogens is 1. The fourth-order valence-electron chi connectivity index (χ4n) is 4.26. The van der Waals surface area contributed by atoms with Gasteiger partial charge in [-0.25, -0.2) is 0 Å². The van der Waals surface area contributed by atoms with Gasteiger partial charge >= 0.3 is 5.97 Å². The first-order valence-corrected chi connectivity index (χ1v) is 14.5. The summed E-state index contributed by atoms with van der Waals surface area (Å²) in [6.45, 7) is 7.48. The fraction of sp³-hybridized carbons (Fsp3) is 0.625. The topological polar surface area (TPSA) is 48.4 Å². The lowest BCUT2D eigenvalue weighted by molar-refractivity contribution is -0.134. The van der Waals surface area contributed by atoms with Crippen LogP contribution in [-0.2, 0) is 4.79 Å². The highest BCUT2D eigenvalue weighted by atomic mass is 16.5. The van der Waals surface area contributed by atoms with E-state index in [1.165, 1.54) is 70.6 Å². The van der Waals surface area contributed by atoms with E-state index in [0.29, 0.717) is 12.2 Å².